The molecule has 4 nitrogen and oxygen atoms in total. The van der Waals surface area contributed by atoms with Gasteiger partial charge in [0.1, 0.15) is 5.15 Å². The fourth-order valence-corrected chi connectivity index (χ4v) is 2.93. The smallest absolute Gasteiger partial charge is 0.131 e. The van der Waals surface area contributed by atoms with Crippen LogP contribution in [0, 0.1) is 0 Å². The average molecular weight is 315 g/mol. The SMILES string of the molecule is CC(C)c1nn(C)c(Cl)c1CNCCN(C(C)C)C(C)C. The van der Waals surface area contributed by atoms with Crippen LogP contribution in [0.1, 0.15) is 58.7 Å². The first-order valence-corrected chi connectivity index (χ1v) is 8.31. The highest BCUT2D eigenvalue weighted by Crippen LogP contribution is 2.24. The second-order valence-electron chi connectivity index (χ2n) is 6.54. The van der Waals surface area contributed by atoms with Gasteiger partial charge in [-0.05, 0) is 33.6 Å². The molecule has 0 aliphatic carbocycles. The van der Waals surface area contributed by atoms with Crippen molar-refractivity contribution in [3.05, 3.63) is 16.4 Å². The van der Waals surface area contributed by atoms with Gasteiger partial charge in [-0.15, -0.1) is 0 Å². The van der Waals surface area contributed by atoms with Crippen LogP contribution in [0.2, 0.25) is 5.15 Å². The van der Waals surface area contributed by atoms with Crippen molar-refractivity contribution in [3.8, 4) is 0 Å². The molecule has 0 unspecified atom stereocenters. The minimum atomic E-state index is 0.392. The highest BCUT2D eigenvalue weighted by molar-refractivity contribution is 6.30. The predicted octanol–water partition coefficient (Wildman–Crippen LogP) is 3.41. The average Bonchev–Trinajstić information content (AvgIpc) is 2.65. The quantitative estimate of drug-likeness (QED) is 0.747. The molecule has 0 bridgehead atoms. The Morgan fingerprint density at radius 3 is 2.19 bits per heavy atom. The van der Waals surface area contributed by atoms with Gasteiger partial charge in [0, 0.05) is 44.3 Å². The summed E-state index contributed by atoms with van der Waals surface area (Å²) in [4.78, 5) is 2.49. The summed E-state index contributed by atoms with van der Waals surface area (Å²) in [5.41, 5.74) is 2.23. The van der Waals surface area contributed by atoms with Crippen molar-refractivity contribution >= 4 is 11.6 Å². The lowest BCUT2D eigenvalue weighted by atomic mass is 10.1. The molecule has 5 heteroatoms. The molecule has 122 valence electrons. The van der Waals surface area contributed by atoms with Crippen molar-refractivity contribution in [2.45, 2.75) is 66.1 Å². The lowest BCUT2D eigenvalue weighted by Crippen LogP contribution is -2.41. The predicted molar refractivity (Wildman–Crippen MR) is 91.0 cm³/mol. The van der Waals surface area contributed by atoms with E-state index in [9.17, 15) is 0 Å². The second kappa shape index (κ2) is 8.16. The van der Waals surface area contributed by atoms with Crippen LogP contribution >= 0.6 is 11.6 Å². The summed E-state index contributed by atoms with van der Waals surface area (Å²) in [6, 6.07) is 1.14. The van der Waals surface area contributed by atoms with Crippen molar-refractivity contribution in [3.63, 3.8) is 0 Å². The molecular formula is C16H31ClN4. The van der Waals surface area contributed by atoms with E-state index in [1.54, 1.807) is 4.68 Å². The van der Waals surface area contributed by atoms with Gasteiger partial charge >= 0.3 is 0 Å². The van der Waals surface area contributed by atoms with Crippen LogP contribution < -0.4 is 5.32 Å². The fraction of sp³-hybridized carbons (Fsp3) is 0.812. The second-order valence-corrected chi connectivity index (χ2v) is 6.89. The third-order valence-electron chi connectivity index (χ3n) is 3.82. The van der Waals surface area contributed by atoms with Gasteiger partial charge in [0.05, 0.1) is 5.69 Å². The molecule has 0 aliphatic heterocycles. The Morgan fingerprint density at radius 2 is 1.71 bits per heavy atom. The summed E-state index contributed by atoms with van der Waals surface area (Å²) < 4.78 is 1.77. The van der Waals surface area contributed by atoms with Crippen molar-refractivity contribution in [1.82, 2.24) is 20.0 Å². The lowest BCUT2D eigenvalue weighted by molar-refractivity contribution is 0.176. The van der Waals surface area contributed by atoms with Gasteiger partial charge < -0.3 is 5.32 Å². The summed E-state index contributed by atoms with van der Waals surface area (Å²) in [6.07, 6.45) is 0. The molecule has 0 aromatic carbocycles. The molecule has 0 atom stereocenters. The Hall–Kier alpha value is -0.580. The van der Waals surface area contributed by atoms with Crippen LogP contribution in [0.15, 0.2) is 0 Å². The van der Waals surface area contributed by atoms with Gasteiger partial charge in [0.25, 0.3) is 0 Å². The first kappa shape index (κ1) is 18.5. The molecular weight excluding hydrogens is 284 g/mol. The number of aryl methyl sites for hydroxylation is 1. The van der Waals surface area contributed by atoms with Gasteiger partial charge in [-0.2, -0.15) is 5.10 Å². The van der Waals surface area contributed by atoms with E-state index < -0.39 is 0 Å². The van der Waals surface area contributed by atoms with E-state index in [1.165, 1.54) is 0 Å². The van der Waals surface area contributed by atoms with Crippen LogP contribution in [-0.4, -0.2) is 39.9 Å². The molecule has 0 saturated heterocycles. The Balaban J connectivity index is 2.57. The summed E-state index contributed by atoms with van der Waals surface area (Å²) in [7, 11) is 1.90. The Kier molecular flexibility index (Phi) is 7.17. The van der Waals surface area contributed by atoms with Crippen molar-refractivity contribution in [2.75, 3.05) is 13.1 Å². The van der Waals surface area contributed by atoms with E-state index in [0.29, 0.717) is 18.0 Å². The largest absolute Gasteiger partial charge is 0.311 e. The molecule has 1 heterocycles. The van der Waals surface area contributed by atoms with E-state index in [1.807, 2.05) is 7.05 Å². The van der Waals surface area contributed by atoms with Gasteiger partial charge in [-0.25, -0.2) is 0 Å². The van der Waals surface area contributed by atoms with Crippen molar-refractivity contribution in [1.29, 1.82) is 0 Å². The number of nitrogens with zero attached hydrogens (tertiary/aromatic N) is 3. The molecule has 1 rings (SSSR count). The van der Waals surface area contributed by atoms with Gasteiger partial charge in [0.15, 0.2) is 0 Å². The summed E-state index contributed by atoms with van der Waals surface area (Å²) >= 11 is 6.35. The minimum Gasteiger partial charge on any atom is -0.311 e. The zero-order valence-electron chi connectivity index (χ0n) is 14.6. The Morgan fingerprint density at radius 1 is 1.14 bits per heavy atom. The zero-order valence-corrected chi connectivity index (χ0v) is 15.3. The molecule has 0 fully saturated rings. The number of hydrogen-bond acceptors (Lipinski definition) is 3. The summed E-state index contributed by atoms with van der Waals surface area (Å²) in [5.74, 6) is 0.392. The first-order chi connectivity index (χ1) is 9.75. The van der Waals surface area contributed by atoms with Gasteiger partial charge in [0.2, 0.25) is 0 Å². The number of nitrogens with one attached hydrogen (secondary N) is 1. The molecule has 1 N–H and O–H groups in total. The van der Waals surface area contributed by atoms with E-state index in [-0.39, 0.29) is 0 Å². The molecule has 0 aliphatic rings. The third-order valence-corrected chi connectivity index (χ3v) is 4.29. The van der Waals surface area contributed by atoms with E-state index in [0.717, 1.165) is 36.0 Å². The van der Waals surface area contributed by atoms with Crippen molar-refractivity contribution < 1.29 is 0 Å². The van der Waals surface area contributed by atoms with Crippen molar-refractivity contribution in [2.24, 2.45) is 7.05 Å². The lowest BCUT2D eigenvalue weighted by Gasteiger charge is -2.30. The van der Waals surface area contributed by atoms with Crippen LogP contribution in [0.4, 0.5) is 0 Å². The van der Waals surface area contributed by atoms with Crippen LogP contribution in [0.3, 0.4) is 0 Å². The minimum absolute atomic E-state index is 0.392. The standard InChI is InChI=1S/C16H31ClN4/c1-11(2)15-14(16(17)20(7)19-15)10-18-8-9-21(12(3)4)13(5)6/h11-13,18H,8-10H2,1-7H3. The number of hydrogen-bond donors (Lipinski definition) is 1. The fourth-order valence-electron chi connectivity index (χ4n) is 2.73. The van der Waals surface area contributed by atoms with E-state index in [4.69, 9.17) is 11.6 Å². The summed E-state index contributed by atoms with van der Waals surface area (Å²) in [5, 5.41) is 8.77. The van der Waals surface area contributed by atoms with Crippen LogP contribution in [0.5, 0.6) is 0 Å². The van der Waals surface area contributed by atoms with E-state index in [2.05, 4.69) is 56.9 Å². The first-order valence-electron chi connectivity index (χ1n) is 7.93. The third kappa shape index (κ3) is 4.97. The van der Waals surface area contributed by atoms with Crippen LogP contribution in [-0.2, 0) is 13.6 Å². The number of aromatic nitrogens is 2. The maximum atomic E-state index is 6.35. The Labute approximate surface area is 134 Å². The van der Waals surface area contributed by atoms with Crippen LogP contribution in [0.25, 0.3) is 0 Å². The highest BCUT2D eigenvalue weighted by Gasteiger charge is 2.17. The highest BCUT2D eigenvalue weighted by atomic mass is 35.5. The molecule has 21 heavy (non-hydrogen) atoms. The zero-order chi connectivity index (χ0) is 16.2. The maximum Gasteiger partial charge on any atom is 0.131 e. The molecule has 1 aromatic rings. The molecule has 0 radical (unpaired) electrons. The number of halogens is 1. The molecule has 0 spiro atoms. The summed E-state index contributed by atoms with van der Waals surface area (Å²) in [6.45, 7) is 16.1. The van der Waals surface area contributed by atoms with Gasteiger partial charge in [-0.1, -0.05) is 25.4 Å². The topological polar surface area (TPSA) is 33.1 Å². The monoisotopic (exact) mass is 314 g/mol. The maximum absolute atomic E-state index is 6.35. The number of rotatable bonds is 8. The van der Waals surface area contributed by atoms with Gasteiger partial charge in [-0.3, -0.25) is 9.58 Å². The van der Waals surface area contributed by atoms with E-state index >= 15 is 0 Å². The Bertz CT molecular complexity index is 430. The normalized spacial score (nSPS) is 12.4. The molecule has 0 amide bonds. The molecule has 1 aromatic heterocycles. The molecule has 0 saturated carbocycles.